The maximum Gasteiger partial charge on any atom is 0.242 e. The average Bonchev–Trinajstić information content (AvgIpc) is 2.50. The van der Waals surface area contributed by atoms with Gasteiger partial charge in [-0.3, -0.25) is 9.59 Å². The summed E-state index contributed by atoms with van der Waals surface area (Å²) < 4.78 is 27.1. The first-order valence-corrected chi connectivity index (χ1v) is 7.09. The van der Waals surface area contributed by atoms with Gasteiger partial charge in [0.1, 0.15) is 11.6 Å². The zero-order valence-electron chi connectivity index (χ0n) is 12.6. The fourth-order valence-corrected chi connectivity index (χ4v) is 2.35. The minimum atomic E-state index is -0.624. The van der Waals surface area contributed by atoms with Crippen molar-refractivity contribution in [2.75, 3.05) is 33.2 Å². The Morgan fingerprint density at radius 1 is 1.45 bits per heavy atom. The van der Waals surface area contributed by atoms with E-state index in [0.29, 0.717) is 13.1 Å². The normalized spacial score (nSPS) is 16.5. The van der Waals surface area contributed by atoms with E-state index in [4.69, 9.17) is 0 Å². The number of rotatable bonds is 4. The van der Waals surface area contributed by atoms with Crippen LogP contribution >= 0.6 is 0 Å². The molecule has 0 aliphatic carbocycles. The van der Waals surface area contributed by atoms with Gasteiger partial charge in [0.05, 0.1) is 19.1 Å². The second-order valence-electron chi connectivity index (χ2n) is 5.34. The highest BCUT2D eigenvalue weighted by atomic mass is 19.1. The molecule has 1 atom stereocenters. The van der Waals surface area contributed by atoms with Crippen molar-refractivity contribution in [2.45, 2.75) is 13.0 Å². The highest BCUT2D eigenvalue weighted by Crippen LogP contribution is 2.23. The Morgan fingerprint density at radius 3 is 2.86 bits per heavy atom. The Morgan fingerprint density at radius 2 is 2.18 bits per heavy atom. The molecule has 1 heterocycles. The maximum atomic E-state index is 13.8. The number of hydrogen-bond acceptors (Lipinski definition) is 3. The number of halogens is 2. The summed E-state index contributed by atoms with van der Waals surface area (Å²) in [6.07, 6.45) is 0. The molecule has 0 unspecified atom stereocenters. The fourth-order valence-electron chi connectivity index (χ4n) is 2.35. The minimum Gasteiger partial charge on any atom is -0.337 e. The topological polar surface area (TPSA) is 52.7 Å². The zero-order chi connectivity index (χ0) is 16.3. The van der Waals surface area contributed by atoms with Crippen molar-refractivity contribution in [3.63, 3.8) is 0 Å². The van der Waals surface area contributed by atoms with E-state index in [9.17, 15) is 18.4 Å². The molecule has 0 bridgehead atoms. The molecule has 1 aliphatic rings. The van der Waals surface area contributed by atoms with E-state index in [-0.39, 0.29) is 30.5 Å². The Kier molecular flexibility index (Phi) is 5.07. The van der Waals surface area contributed by atoms with E-state index in [1.165, 1.54) is 16.8 Å². The lowest BCUT2D eigenvalue weighted by Crippen LogP contribution is -2.51. The molecule has 2 amide bonds. The van der Waals surface area contributed by atoms with Crippen LogP contribution < -0.4 is 5.32 Å². The summed E-state index contributed by atoms with van der Waals surface area (Å²) in [6, 6.07) is 2.53. The van der Waals surface area contributed by atoms with Crippen molar-refractivity contribution >= 4 is 11.8 Å². The van der Waals surface area contributed by atoms with Crippen LogP contribution in [-0.4, -0.2) is 54.8 Å². The third-order valence-corrected chi connectivity index (χ3v) is 3.90. The summed E-state index contributed by atoms with van der Waals surface area (Å²) in [7, 11) is 1.52. The molecule has 5 nitrogen and oxygen atoms in total. The molecule has 22 heavy (non-hydrogen) atoms. The largest absolute Gasteiger partial charge is 0.337 e. The predicted molar refractivity (Wildman–Crippen MR) is 77.0 cm³/mol. The van der Waals surface area contributed by atoms with E-state index in [2.05, 4.69) is 5.32 Å². The van der Waals surface area contributed by atoms with Gasteiger partial charge < -0.3 is 15.1 Å². The summed E-state index contributed by atoms with van der Waals surface area (Å²) in [5.41, 5.74) is 0.113. The van der Waals surface area contributed by atoms with E-state index in [1.807, 2.05) is 0 Å². The first-order chi connectivity index (χ1) is 10.4. The second kappa shape index (κ2) is 6.83. The van der Waals surface area contributed by atoms with Crippen LogP contribution in [0.3, 0.4) is 0 Å². The lowest BCUT2D eigenvalue weighted by molar-refractivity contribution is -0.141. The summed E-state index contributed by atoms with van der Waals surface area (Å²) in [5.74, 6) is -1.57. The Hall–Kier alpha value is -2.02. The summed E-state index contributed by atoms with van der Waals surface area (Å²) in [6.45, 7) is 2.87. The molecular weight excluding hydrogens is 292 g/mol. The molecule has 120 valence electrons. The van der Waals surface area contributed by atoms with Crippen molar-refractivity contribution in [1.29, 1.82) is 0 Å². The van der Waals surface area contributed by atoms with Crippen molar-refractivity contribution < 1.29 is 18.4 Å². The number of amides is 2. The molecule has 1 fully saturated rings. The third-order valence-electron chi connectivity index (χ3n) is 3.90. The highest BCUT2D eigenvalue weighted by Gasteiger charge is 2.25. The van der Waals surface area contributed by atoms with Gasteiger partial charge in [-0.15, -0.1) is 0 Å². The molecule has 1 aromatic rings. The van der Waals surface area contributed by atoms with Gasteiger partial charge in [0.15, 0.2) is 0 Å². The van der Waals surface area contributed by atoms with Crippen LogP contribution in [0.1, 0.15) is 18.5 Å². The highest BCUT2D eigenvalue weighted by molar-refractivity contribution is 5.86. The van der Waals surface area contributed by atoms with E-state index < -0.39 is 17.7 Å². The number of nitrogens with zero attached hydrogens (tertiary/aromatic N) is 2. The van der Waals surface area contributed by atoms with Crippen LogP contribution in [0.5, 0.6) is 0 Å². The number of benzene rings is 1. The van der Waals surface area contributed by atoms with Crippen molar-refractivity contribution in [3.8, 4) is 0 Å². The van der Waals surface area contributed by atoms with Crippen LogP contribution in [0.4, 0.5) is 8.78 Å². The fraction of sp³-hybridized carbons (Fsp3) is 0.467. The minimum absolute atomic E-state index is 0.0573. The molecule has 0 aromatic heterocycles. The van der Waals surface area contributed by atoms with Gasteiger partial charge in [-0.2, -0.15) is 0 Å². The molecule has 0 spiro atoms. The lowest BCUT2D eigenvalue weighted by atomic mass is 10.1. The molecule has 1 saturated heterocycles. The SMILES string of the molecule is C[C@@H](c1cc(F)ccc1F)N(C)C(=O)CN1CCNCC1=O. The summed E-state index contributed by atoms with van der Waals surface area (Å²) in [5, 5.41) is 2.92. The molecular formula is C15H19F2N3O2. The third kappa shape index (κ3) is 3.59. The van der Waals surface area contributed by atoms with Crippen LogP contribution in [0.25, 0.3) is 0 Å². The number of nitrogens with one attached hydrogen (secondary N) is 1. The number of piperazine rings is 1. The number of hydrogen-bond donors (Lipinski definition) is 1. The first-order valence-electron chi connectivity index (χ1n) is 7.09. The number of likely N-dealkylation sites (N-methyl/N-ethyl adjacent to an activating group) is 1. The van der Waals surface area contributed by atoms with Gasteiger partial charge in [-0.05, 0) is 25.1 Å². The quantitative estimate of drug-likeness (QED) is 0.899. The van der Waals surface area contributed by atoms with E-state index in [1.54, 1.807) is 6.92 Å². The predicted octanol–water partition coefficient (Wildman–Crippen LogP) is 0.916. The van der Waals surface area contributed by atoms with Crippen LogP contribution in [-0.2, 0) is 9.59 Å². The number of carbonyl (C=O) groups excluding carboxylic acids is 2. The van der Waals surface area contributed by atoms with Gasteiger partial charge >= 0.3 is 0 Å². The number of carbonyl (C=O) groups is 2. The Labute approximate surface area is 127 Å². The van der Waals surface area contributed by atoms with E-state index >= 15 is 0 Å². The summed E-state index contributed by atoms with van der Waals surface area (Å²) >= 11 is 0. The Bertz CT molecular complexity index is 580. The molecule has 0 saturated carbocycles. The zero-order valence-corrected chi connectivity index (χ0v) is 12.6. The van der Waals surface area contributed by atoms with Crippen LogP contribution in [0, 0.1) is 11.6 Å². The molecule has 1 aliphatic heterocycles. The molecule has 2 rings (SSSR count). The standard InChI is InChI=1S/C15H19F2N3O2/c1-10(12-7-11(16)3-4-13(12)17)19(2)15(22)9-20-6-5-18-8-14(20)21/h3-4,7,10,18H,5-6,8-9H2,1-2H3/t10-/m0/s1. The smallest absolute Gasteiger partial charge is 0.242 e. The summed E-state index contributed by atoms with van der Waals surface area (Å²) in [4.78, 5) is 26.7. The van der Waals surface area contributed by atoms with Crippen molar-refractivity contribution in [2.24, 2.45) is 0 Å². The molecule has 1 aromatic carbocycles. The van der Waals surface area contributed by atoms with Crippen molar-refractivity contribution in [1.82, 2.24) is 15.1 Å². The lowest BCUT2D eigenvalue weighted by Gasteiger charge is -2.31. The van der Waals surface area contributed by atoms with Gasteiger partial charge in [0, 0.05) is 25.7 Å². The van der Waals surface area contributed by atoms with Crippen LogP contribution in [0.2, 0.25) is 0 Å². The van der Waals surface area contributed by atoms with E-state index in [0.717, 1.165) is 18.2 Å². The molecule has 1 N–H and O–H groups in total. The molecule has 7 heteroatoms. The van der Waals surface area contributed by atoms with Gasteiger partial charge in [-0.25, -0.2) is 8.78 Å². The van der Waals surface area contributed by atoms with Gasteiger partial charge in [0.2, 0.25) is 11.8 Å². The van der Waals surface area contributed by atoms with Gasteiger partial charge in [-0.1, -0.05) is 0 Å². The van der Waals surface area contributed by atoms with Crippen LogP contribution in [0.15, 0.2) is 18.2 Å². The van der Waals surface area contributed by atoms with Crippen molar-refractivity contribution in [3.05, 3.63) is 35.4 Å². The second-order valence-corrected chi connectivity index (χ2v) is 5.34. The first kappa shape index (κ1) is 16.4. The molecule has 0 radical (unpaired) electrons. The van der Waals surface area contributed by atoms with Gasteiger partial charge in [0.25, 0.3) is 0 Å². The Balaban J connectivity index is 2.06. The average molecular weight is 311 g/mol. The monoisotopic (exact) mass is 311 g/mol. The maximum absolute atomic E-state index is 13.8.